The normalized spacial score (nSPS) is 21.0. The van der Waals surface area contributed by atoms with Crippen LogP contribution in [0, 0.1) is 11.3 Å². The summed E-state index contributed by atoms with van der Waals surface area (Å²) in [6.07, 6.45) is 0.185. The van der Waals surface area contributed by atoms with Crippen LogP contribution < -0.4 is 5.56 Å². The minimum atomic E-state index is -2.97. The summed E-state index contributed by atoms with van der Waals surface area (Å²) in [7, 11) is -2.97. The number of hydrogen-bond acceptors (Lipinski definition) is 9. The summed E-state index contributed by atoms with van der Waals surface area (Å²) >= 11 is 0. The van der Waals surface area contributed by atoms with Gasteiger partial charge in [-0.25, -0.2) is 9.35 Å². The molecule has 3 atom stereocenters. The van der Waals surface area contributed by atoms with E-state index in [1.54, 1.807) is 0 Å². The third-order valence-electron chi connectivity index (χ3n) is 6.64. The van der Waals surface area contributed by atoms with Crippen molar-refractivity contribution in [1.82, 2.24) is 29.4 Å². The van der Waals surface area contributed by atoms with E-state index in [1.807, 2.05) is 39.3 Å². The number of hydrogen-bond donors (Lipinski definition) is 2. The number of nitriles is 1. The molecule has 2 aromatic rings. The van der Waals surface area contributed by atoms with E-state index in [0.717, 1.165) is 11.1 Å². The van der Waals surface area contributed by atoms with Gasteiger partial charge >= 0.3 is 0 Å². The molecule has 12 nitrogen and oxygen atoms in total. The highest BCUT2D eigenvalue weighted by molar-refractivity contribution is 7.62. The van der Waals surface area contributed by atoms with Crippen molar-refractivity contribution in [3.63, 3.8) is 0 Å². The van der Waals surface area contributed by atoms with Gasteiger partial charge in [0, 0.05) is 36.7 Å². The molecule has 0 aromatic carbocycles. The Hall–Kier alpha value is -2.16. The van der Waals surface area contributed by atoms with E-state index in [4.69, 9.17) is 4.74 Å². The Morgan fingerprint density at radius 1 is 1.29 bits per heavy atom. The predicted molar refractivity (Wildman–Crippen MR) is 130 cm³/mol. The van der Waals surface area contributed by atoms with E-state index in [-0.39, 0.29) is 42.8 Å². The number of aromatic nitrogens is 5. The van der Waals surface area contributed by atoms with Crippen LogP contribution in [0.1, 0.15) is 65.8 Å². The molecule has 3 rings (SSSR count). The van der Waals surface area contributed by atoms with Gasteiger partial charge in [0.15, 0.2) is 19.0 Å². The van der Waals surface area contributed by atoms with Crippen LogP contribution in [-0.2, 0) is 22.5 Å². The van der Waals surface area contributed by atoms with Crippen molar-refractivity contribution < 1.29 is 19.5 Å². The minimum Gasteiger partial charge on any atom is -0.394 e. The molecule has 0 aliphatic carbocycles. The molecule has 1 fully saturated rings. The van der Waals surface area contributed by atoms with Crippen molar-refractivity contribution in [3.05, 3.63) is 16.0 Å². The van der Waals surface area contributed by atoms with E-state index in [2.05, 4.69) is 21.5 Å². The highest BCUT2D eigenvalue weighted by Gasteiger charge is 2.48. The van der Waals surface area contributed by atoms with E-state index in [0.29, 0.717) is 17.6 Å². The van der Waals surface area contributed by atoms with Gasteiger partial charge in [0.25, 0.3) is 5.56 Å². The standard InChI is InChI=1S/C22H36N7O5P/c1-6-8-16-20-21(27(13-31)25-16)22(32)29(26-24-20)19-11-17(18(12-30)34-19)28(10-7-9-23)35(33,14(2)3)15(4)5/h14-15,17-19,30-31H,6-8,10-13H2,1-5H3. The lowest BCUT2D eigenvalue weighted by Gasteiger charge is -2.41. The second-order valence-corrected chi connectivity index (χ2v) is 13.3. The van der Waals surface area contributed by atoms with E-state index in [9.17, 15) is 24.8 Å². The Bertz CT molecular complexity index is 1160. The summed E-state index contributed by atoms with van der Waals surface area (Å²) in [5.41, 5.74) is 0.207. The summed E-state index contributed by atoms with van der Waals surface area (Å²) in [4.78, 5) is 13.4. The van der Waals surface area contributed by atoms with Crippen molar-refractivity contribution in [3.8, 4) is 6.07 Å². The van der Waals surface area contributed by atoms with Gasteiger partial charge in [-0.1, -0.05) is 46.3 Å². The second-order valence-electron chi connectivity index (χ2n) is 9.42. The first-order chi connectivity index (χ1) is 16.6. The van der Waals surface area contributed by atoms with Crippen LogP contribution in [0.25, 0.3) is 11.0 Å². The molecular formula is C22H36N7O5P. The fourth-order valence-electron chi connectivity index (χ4n) is 5.01. The molecule has 194 valence electrons. The number of rotatable bonds is 11. The van der Waals surface area contributed by atoms with Crippen LogP contribution in [0.3, 0.4) is 0 Å². The van der Waals surface area contributed by atoms with Gasteiger partial charge in [0.05, 0.1) is 24.5 Å². The number of ether oxygens (including phenoxy) is 1. The fraction of sp³-hybridized carbons (Fsp3) is 0.773. The van der Waals surface area contributed by atoms with Gasteiger partial charge in [-0.2, -0.15) is 15.0 Å². The van der Waals surface area contributed by atoms with Gasteiger partial charge < -0.3 is 19.5 Å². The van der Waals surface area contributed by atoms with Crippen molar-refractivity contribution in [1.29, 1.82) is 5.26 Å². The summed E-state index contributed by atoms with van der Waals surface area (Å²) in [6.45, 7) is 9.00. The summed E-state index contributed by atoms with van der Waals surface area (Å²) in [5, 5.41) is 41.7. The number of aliphatic hydroxyl groups is 2. The highest BCUT2D eigenvalue weighted by atomic mass is 31.2. The van der Waals surface area contributed by atoms with Gasteiger partial charge in [0.1, 0.15) is 12.2 Å². The maximum absolute atomic E-state index is 14.2. The second kappa shape index (κ2) is 11.3. The van der Waals surface area contributed by atoms with Crippen LogP contribution in [0.5, 0.6) is 0 Å². The Kier molecular flexibility index (Phi) is 8.83. The lowest BCUT2D eigenvalue weighted by Crippen LogP contribution is -2.43. The highest BCUT2D eigenvalue weighted by Crippen LogP contribution is 2.60. The van der Waals surface area contributed by atoms with E-state index >= 15 is 0 Å². The van der Waals surface area contributed by atoms with Crippen molar-refractivity contribution in [2.45, 2.75) is 96.7 Å². The first-order valence-corrected chi connectivity index (χ1v) is 13.9. The Morgan fingerprint density at radius 2 is 1.97 bits per heavy atom. The zero-order valence-corrected chi connectivity index (χ0v) is 21.9. The average molecular weight is 510 g/mol. The monoisotopic (exact) mass is 509 g/mol. The van der Waals surface area contributed by atoms with Gasteiger partial charge in [-0.05, 0) is 6.42 Å². The Morgan fingerprint density at radius 3 is 2.51 bits per heavy atom. The molecule has 1 aliphatic rings. The summed E-state index contributed by atoms with van der Waals surface area (Å²) in [6, 6.07) is 1.64. The first-order valence-electron chi connectivity index (χ1n) is 12.1. The molecule has 0 amide bonds. The number of aliphatic hydroxyl groups excluding tert-OH is 2. The molecule has 0 saturated carbocycles. The average Bonchev–Trinajstić information content (AvgIpc) is 3.41. The van der Waals surface area contributed by atoms with Gasteiger partial charge in [0.2, 0.25) is 0 Å². The third kappa shape index (κ3) is 4.93. The molecule has 35 heavy (non-hydrogen) atoms. The van der Waals surface area contributed by atoms with Crippen LogP contribution >= 0.6 is 7.29 Å². The Labute approximate surface area is 204 Å². The zero-order chi connectivity index (χ0) is 25.9. The molecule has 0 spiro atoms. The molecule has 3 heterocycles. The van der Waals surface area contributed by atoms with Gasteiger partial charge in [-0.15, -0.1) is 5.10 Å². The van der Waals surface area contributed by atoms with E-state index < -0.39 is 38.0 Å². The van der Waals surface area contributed by atoms with Crippen LogP contribution in [0.15, 0.2) is 4.79 Å². The lowest BCUT2D eigenvalue weighted by molar-refractivity contribution is -0.0396. The molecule has 0 radical (unpaired) electrons. The molecular weight excluding hydrogens is 473 g/mol. The lowest BCUT2D eigenvalue weighted by atomic mass is 10.1. The predicted octanol–water partition coefficient (Wildman–Crippen LogP) is 1.85. The zero-order valence-electron chi connectivity index (χ0n) is 21.0. The third-order valence-corrected chi connectivity index (χ3v) is 10.9. The van der Waals surface area contributed by atoms with Crippen molar-refractivity contribution in [2.75, 3.05) is 13.2 Å². The van der Waals surface area contributed by atoms with Crippen molar-refractivity contribution in [2.24, 2.45) is 0 Å². The summed E-state index contributed by atoms with van der Waals surface area (Å²) in [5.74, 6) is 0. The largest absolute Gasteiger partial charge is 0.394 e. The van der Waals surface area contributed by atoms with Gasteiger partial charge in [-0.3, -0.25) is 4.79 Å². The maximum Gasteiger partial charge on any atom is 0.298 e. The smallest absolute Gasteiger partial charge is 0.298 e. The van der Waals surface area contributed by atoms with E-state index in [1.165, 1.54) is 4.68 Å². The molecule has 0 bridgehead atoms. The number of fused-ring (bicyclic) bond motifs is 1. The van der Waals surface area contributed by atoms with Crippen molar-refractivity contribution >= 4 is 18.3 Å². The molecule has 13 heteroatoms. The minimum absolute atomic E-state index is 0.134. The molecule has 2 aromatic heterocycles. The quantitative estimate of drug-likeness (QED) is 0.428. The number of nitrogens with zero attached hydrogens (tertiary/aromatic N) is 7. The fourth-order valence-corrected chi connectivity index (χ4v) is 8.51. The molecule has 2 N–H and O–H groups in total. The summed E-state index contributed by atoms with van der Waals surface area (Å²) < 4.78 is 24.4. The molecule has 1 saturated heterocycles. The Balaban J connectivity index is 2.05. The maximum atomic E-state index is 14.2. The topological polar surface area (TPSA) is 159 Å². The number of aryl methyl sites for hydroxylation is 1. The molecule has 3 unspecified atom stereocenters. The first kappa shape index (κ1) is 27.4. The molecule has 1 aliphatic heterocycles. The SMILES string of the molecule is CCCc1nn(CO)c2c(=O)n(C3CC(N(CCC#N)P(=O)(C(C)C)C(C)C)C(CO)O3)nnc12. The van der Waals surface area contributed by atoms with Crippen LogP contribution in [0.2, 0.25) is 0 Å². The van der Waals surface area contributed by atoms with Crippen LogP contribution in [-0.4, -0.2) is 76.3 Å². The van der Waals surface area contributed by atoms with Crippen LogP contribution in [0.4, 0.5) is 0 Å².